The molecule has 0 unspecified atom stereocenters. The van der Waals surface area contributed by atoms with Crippen molar-refractivity contribution in [1.82, 2.24) is 0 Å². The molecular formula is C20H18O2S. The number of rotatable bonds is 5. The Hall–Kier alpha value is -2.39. The van der Waals surface area contributed by atoms with E-state index >= 15 is 0 Å². The van der Waals surface area contributed by atoms with Gasteiger partial charge in [0, 0.05) is 0 Å². The molecule has 0 N–H and O–H groups in total. The highest BCUT2D eigenvalue weighted by molar-refractivity contribution is 7.12. The van der Waals surface area contributed by atoms with Crippen LogP contribution in [0.25, 0.3) is 0 Å². The molecular weight excluding hydrogens is 304 g/mol. The van der Waals surface area contributed by atoms with E-state index < -0.39 is 0 Å². The van der Waals surface area contributed by atoms with Crippen molar-refractivity contribution in [2.45, 2.75) is 20.5 Å². The van der Waals surface area contributed by atoms with Crippen molar-refractivity contribution < 1.29 is 9.53 Å². The van der Waals surface area contributed by atoms with E-state index in [4.69, 9.17) is 4.74 Å². The Morgan fingerprint density at radius 3 is 2.57 bits per heavy atom. The monoisotopic (exact) mass is 322 g/mol. The maximum absolute atomic E-state index is 12.7. The lowest BCUT2D eigenvalue weighted by molar-refractivity contribution is 0.103. The zero-order valence-corrected chi connectivity index (χ0v) is 14.0. The van der Waals surface area contributed by atoms with E-state index in [1.54, 1.807) is 0 Å². The topological polar surface area (TPSA) is 26.3 Å². The normalized spacial score (nSPS) is 10.5. The third-order valence-electron chi connectivity index (χ3n) is 3.60. The van der Waals surface area contributed by atoms with Crippen LogP contribution in [0.2, 0.25) is 0 Å². The van der Waals surface area contributed by atoms with Gasteiger partial charge in [-0.1, -0.05) is 47.5 Å². The van der Waals surface area contributed by atoms with Gasteiger partial charge in [-0.3, -0.25) is 4.79 Å². The molecule has 2 aromatic carbocycles. The Labute approximate surface area is 140 Å². The van der Waals surface area contributed by atoms with E-state index in [2.05, 4.69) is 19.1 Å². The fourth-order valence-corrected chi connectivity index (χ4v) is 3.13. The number of ether oxygens (including phenoxy) is 1. The number of ketones is 1. The molecule has 3 rings (SSSR count). The molecule has 3 heteroatoms. The molecule has 0 atom stereocenters. The van der Waals surface area contributed by atoms with E-state index in [9.17, 15) is 4.79 Å². The van der Waals surface area contributed by atoms with Gasteiger partial charge in [0.1, 0.15) is 12.4 Å². The third-order valence-corrected chi connectivity index (χ3v) is 4.47. The van der Waals surface area contributed by atoms with Crippen molar-refractivity contribution in [2.24, 2.45) is 0 Å². The molecule has 0 amide bonds. The summed E-state index contributed by atoms with van der Waals surface area (Å²) in [5.74, 6) is 0.651. The van der Waals surface area contributed by atoms with Crippen molar-refractivity contribution in [1.29, 1.82) is 0 Å². The predicted molar refractivity (Wildman–Crippen MR) is 94.4 cm³/mol. The highest BCUT2D eigenvalue weighted by Crippen LogP contribution is 2.26. The minimum atomic E-state index is 0.0166. The molecule has 2 nitrogen and oxygen atoms in total. The predicted octanol–water partition coefficient (Wildman–Crippen LogP) is 5.17. The summed E-state index contributed by atoms with van der Waals surface area (Å²) in [4.78, 5) is 13.4. The highest BCUT2D eigenvalue weighted by Gasteiger charge is 2.16. The van der Waals surface area contributed by atoms with E-state index in [1.807, 2.05) is 54.8 Å². The van der Waals surface area contributed by atoms with Crippen molar-refractivity contribution in [2.75, 3.05) is 0 Å². The lowest BCUT2D eigenvalue weighted by Gasteiger charge is -2.12. The first-order chi connectivity index (χ1) is 11.1. The molecule has 1 aromatic heterocycles. The number of carbonyl (C=O) groups is 1. The summed E-state index contributed by atoms with van der Waals surface area (Å²) in [6.45, 7) is 4.49. The molecule has 0 aliphatic heterocycles. The number of hydrogen-bond acceptors (Lipinski definition) is 3. The van der Waals surface area contributed by atoms with Gasteiger partial charge in [-0.05, 0) is 43.0 Å². The molecule has 1 heterocycles. The third kappa shape index (κ3) is 3.69. The SMILES string of the molecule is Cc1cccc(COc2ccc(C)cc2C(=O)c2cccs2)c1. The fraction of sp³-hybridized carbons (Fsp3) is 0.150. The number of aryl methyl sites for hydroxylation is 2. The molecule has 0 fully saturated rings. The molecule has 0 aliphatic carbocycles. The first kappa shape index (κ1) is 15.5. The number of thiophene rings is 1. The number of hydrogen-bond donors (Lipinski definition) is 0. The molecule has 23 heavy (non-hydrogen) atoms. The van der Waals surface area contributed by atoms with Gasteiger partial charge in [-0.25, -0.2) is 0 Å². The fourth-order valence-electron chi connectivity index (χ4n) is 2.45. The van der Waals surface area contributed by atoms with Crippen molar-refractivity contribution in [3.05, 3.63) is 87.1 Å². The Balaban J connectivity index is 1.86. The van der Waals surface area contributed by atoms with E-state index in [0.29, 0.717) is 17.9 Å². The van der Waals surface area contributed by atoms with Crippen LogP contribution in [0.4, 0.5) is 0 Å². The van der Waals surface area contributed by atoms with Gasteiger partial charge in [0.25, 0.3) is 0 Å². The molecule has 0 spiro atoms. The summed E-state index contributed by atoms with van der Waals surface area (Å²) >= 11 is 1.45. The van der Waals surface area contributed by atoms with Crippen LogP contribution in [0, 0.1) is 13.8 Å². The number of carbonyl (C=O) groups excluding carboxylic acids is 1. The lowest BCUT2D eigenvalue weighted by Crippen LogP contribution is -2.05. The minimum absolute atomic E-state index is 0.0166. The molecule has 116 valence electrons. The van der Waals surface area contributed by atoms with Gasteiger partial charge >= 0.3 is 0 Å². The van der Waals surface area contributed by atoms with Gasteiger partial charge in [0.2, 0.25) is 5.78 Å². The second-order valence-corrected chi connectivity index (χ2v) is 6.53. The van der Waals surface area contributed by atoms with Crippen LogP contribution in [0.5, 0.6) is 5.75 Å². The zero-order valence-electron chi connectivity index (χ0n) is 13.2. The quantitative estimate of drug-likeness (QED) is 0.605. The largest absolute Gasteiger partial charge is 0.488 e. The summed E-state index contributed by atoms with van der Waals surface area (Å²) < 4.78 is 5.94. The highest BCUT2D eigenvalue weighted by atomic mass is 32.1. The van der Waals surface area contributed by atoms with Gasteiger partial charge in [-0.2, -0.15) is 0 Å². The minimum Gasteiger partial charge on any atom is -0.488 e. The van der Waals surface area contributed by atoms with Crippen LogP contribution >= 0.6 is 11.3 Å². The summed E-state index contributed by atoms with van der Waals surface area (Å²) in [6.07, 6.45) is 0. The van der Waals surface area contributed by atoms with Crippen molar-refractivity contribution in [3.8, 4) is 5.75 Å². The second kappa shape index (κ2) is 6.80. The average Bonchev–Trinajstić information content (AvgIpc) is 3.07. The molecule has 0 saturated heterocycles. The van der Waals surface area contributed by atoms with Gasteiger partial charge < -0.3 is 4.74 Å². The Bertz CT molecular complexity index is 819. The van der Waals surface area contributed by atoms with Crippen LogP contribution in [0.1, 0.15) is 31.9 Å². The lowest BCUT2D eigenvalue weighted by atomic mass is 10.1. The summed E-state index contributed by atoms with van der Waals surface area (Å²) in [6, 6.07) is 17.7. The summed E-state index contributed by atoms with van der Waals surface area (Å²) in [7, 11) is 0. The zero-order chi connectivity index (χ0) is 16.2. The Morgan fingerprint density at radius 1 is 1.00 bits per heavy atom. The van der Waals surface area contributed by atoms with Gasteiger partial charge in [0.15, 0.2) is 0 Å². The molecule has 0 radical (unpaired) electrons. The van der Waals surface area contributed by atoms with E-state index in [-0.39, 0.29) is 5.78 Å². The summed E-state index contributed by atoms with van der Waals surface area (Å²) in [5.41, 5.74) is 3.97. The molecule has 0 bridgehead atoms. The first-order valence-corrected chi connectivity index (χ1v) is 8.38. The number of benzene rings is 2. The maximum Gasteiger partial charge on any atom is 0.206 e. The van der Waals surface area contributed by atoms with Crippen LogP contribution in [0.15, 0.2) is 60.0 Å². The maximum atomic E-state index is 12.7. The van der Waals surface area contributed by atoms with Gasteiger partial charge in [-0.15, -0.1) is 11.3 Å². The van der Waals surface area contributed by atoms with E-state index in [1.165, 1.54) is 16.9 Å². The standard InChI is InChI=1S/C20H18O2S/c1-14-5-3-6-16(11-14)13-22-18-9-8-15(2)12-17(18)20(21)19-7-4-10-23-19/h3-12H,13H2,1-2H3. The first-order valence-electron chi connectivity index (χ1n) is 7.51. The van der Waals surface area contributed by atoms with Crippen LogP contribution in [-0.2, 0) is 6.61 Å². The molecule has 3 aromatic rings. The van der Waals surface area contributed by atoms with Gasteiger partial charge in [0.05, 0.1) is 10.4 Å². The molecule has 0 saturated carbocycles. The van der Waals surface area contributed by atoms with Crippen LogP contribution < -0.4 is 4.74 Å². The van der Waals surface area contributed by atoms with E-state index in [0.717, 1.165) is 16.0 Å². The summed E-state index contributed by atoms with van der Waals surface area (Å²) in [5, 5.41) is 1.91. The Kier molecular flexibility index (Phi) is 4.58. The van der Waals surface area contributed by atoms with Crippen LogP contribution in [0.3, 0.4) is 0 Å². The Morgan fingerprint density at radius 2 is 1.83 bits per heavy atom. The van der Waals surface area contributed by atoms with Crippen molar-refractivity contribution in [3.63, 3.8) is 0 Å². The average molecular weight is 322 g/mol. The van der Waals surface area contributed by atoms with Crippen molar-refractivity contribution >= 4 is 17.1 Å². The second-order valence-electron chi connectivity index (χ2n) is 5.58. The smallest absolute Gasteiger partial charge is 0.206 e. The van der Waals surface area contributed by atoms with Crippen LogP contribution in [-0.4, -0.2) is 5.78 Å². The molecule has 0 aliphatic rings.